The van der Waals surface area contributed by atoms with E-state index in [-0.39, 0.29) is 11.9 Å². The summed E-state index contributed by atoms with van der Waals surface area (Å²) in [4.78, 5) is 21.4. The van der Waals surface area contributed by atoms with Crippen LogP contribution < -0.4 is 0 Å². The molecule has 0 saturated heterocycles. The summed E-state index contributed by atoms with van der Waals surface area (Å²) in [5, 5.41) is 8.35. The van der Waals surface area contributed by atoms with Gasteiger partial charge in [0.05, 0.1) is 13.3 Å². The van der Waals surface area contributed by atoms with Crippen molar-refractivity contribution in [3.63, 3.8) is 0 Å². The van der Waals surface area contributed by atoms with Crippen molar-refractivity contribution in [2.75, 3.05) is 0 Å². The fourth-order valence-corrected chi connectivity index (χ4v) is 0.578. The molecule has 0 spiro atoms. The summed E-state index contributed by atoms with van der Waals surface area (Å²) in [6, 6.07) is 0. The Kier molecular flexibility index (Phi) is 4.47. The lowest BCUT2D eigenvalue weighted by molar-refractivity contribution is -0.145. The normalized spacial score (nSPS) is 15.7. The van der Waals surface area contributed by atoms with Crippen LogP contribution in [0.4, 0.5) is 0 Å². The Morgan fingerprint density at radius 2 is 2.07 bits per heavy atom. The Morgan fingerprint density at radius 1 is 1.57 bits per heavy atom. The van der Waals surface area contributed by atoms with Crippen molar-refractivity contribution in [3.05, 3.63) is 11.6 Å². The maximum Gasteiger partial charge on any atom is 0.333 e. The summed E-state index contributed by atoms with van der Waals surface area (Å²) < 4.78 is 4.73. The van der Waals surface area contributed by atoms with E-state index in [1.54, 1.807) is 0 Å². The number of ether oxygens (including phenoxy) is 1. The van der Waals surface area contributed by atoms with Gasteiger partial charge in [-0.15, -0.1) is 0 Å². The van der Waals surface area contributed by atoms with E-state index >= 15 is 0 Å². The first-order valence-electron chi connectivity index (χ1n) is 3.92. The molecule has 0 heterocycles. The summed E-state index contributed by atoms with van der Waals surface area (Å²) in [5.41, 5.74) is -1.31. The number of carboxylic acid groups (broad SMARTS) is 1. The van der Waals surface area contributed by atoms with Crippen molar-refractivity contribution in [1.82, 2.24) is 0 Å². The molecule has 0 aliphatic heterocycles. The van der Waals surface area contributed by atoms with Gasteiger partial charge in [0.1, 0.15) is 7.85 Å². The molecular formula is C8H10B2O4. The van der Waals surface area contributed by atoms with Gasteiger partial charge >= 0.3 is 11.9 Å². The van der Waals surface area contributed by atoms with Gasteiger partial charge in [-0.1, -0.05) is 6.32 Å². The number of rotatable bonds is 4. The predicted molar refractivity (Wildman–Crippen MR) is 52.2 cm³/mol. The molecule has 1 atom stereocenters. The molecule has 0 bridgehead atoms. The van der Waals surface area contributed by atoms with Crippen molar-refractivity contribution < 1.29 is 19.4 Å². The average molecular weight is 192 g/mol. The van der Waals surface area contributed by atoms with Crippen molar-refractivity contribution in [2.45, 2.75) is 25.7 Å². The number of carbonyl (C=O) groups excluding carboxylic acids is 1. The van der Waals surface area contributed by atoms with Crippen molar-refractivity contribution >= 4 is 27.6 Å². The highest BCUT2D eigenvalue weighted by molar-refractivity contribution is 6.22. The monoisotopic (exact) mass is 192 g/mol. The summed E-state index contributed by atoms with van der Waals surface area (Å²) in [6.07, 6.45) is 0.702. The van der Waals surface area contributed by atoms with Crippen LogP contribution in [0.5, 0.6) is 0 Å². The Labute approximate surface area is 85.1 Å². The van der Waals surface area contributed by atoms with E-state index < -0.39 is 17.4 Å². The minimum atomic E-state index is -1.27. The molecular weight excluding hydrogens is 182 g/mol. The highest BCUT2D eigenvalue weighted by atomic mass is 16.6. The zero-order chi connectivity index (χ0) is 11.4. The summed E-state index contributed by atoms with van der Waals surface area (Å²) in [5.74, 6) is -2.01. The molecule has 72 valence electrons. The van der Waals surface area contributed by atoms with Gasteiger partial charge in [-0.2, -0.15) is 0 Å². The van der Waals surface area contributed by atoms with E-state index in [1.165, 1.54) is 13.8 Å². The summed E-state index contributed by atoms with van der Waals surface area (Å²) in [7, 11) is 10.7. The van der Waals surface area contributed by atoms with E-state index in [0.29, 0.717) is 0 Å². The van der Waals surface area contributed by atoms with Gasteiger partial charge in [-0.25, -0.2) is 9.59 Å². The molecule has 14 heavy (non-hydrogen) atoms. The molecule has 4 radical (unpaired) electrons. The zero-order valence-electron chi connectivity index (χ0n) is 8.11. The molecule has 0 aliphatic rings. The van der Waals surface area contributed by atoms with E-state index in [1.807, 2.05) is 0 Å². The molecule has 1 N–H and O–H groups in total. The summed E-state index contributed by atoms with van der Waals surface area (Å²) >= 11 is 0. The molecule has 0 rings (SSSR count). The number of aliphatic carboxylic acids is 1. The lowest BCUT2D eigenvalue weighted by Crippen LogP contribution is -2.32. The quantitative estimate of drug-likeness (QED) is 0.387. The standard InChI is InChI=1S/C8H10B2O4/c1-5(3-6(11)12)7(13)14-8(2,10)4-9/h3H,4H2,1-2H3,(H,11,12)/b5-3+. The lowest BCUT2D eigenvalue weighted by Gasteiger charge is -2.24. The van der Waals surface area contributed by atoms with Gasteiger partial charge in [-0.05, 0) is 13.8 Å². The number of carboxylic acids is 1. The molecule has 0 aromatic carbocycles. The van der Waals surface area contributed by atoms with Crippen LogP contribution in [0.25, 0.3) is 0 Å². The number of carbonyl (C=O) groups is 2. The van der Waals surface area contributed by atoms with Crippen LogP contribution in [0.15, 0.2) is 11.6 Å². The lowest BCUT2D eigenvalue weighted by atomic mass is 9.73. The van der Waals surface area contributed by atoms with Crippen LogP contribution in [0.1, 0.15) is 13.8 Å². The van der Waals surface area contributed by atoms with E-state index in [9.17, 15) is 9.59 Å². The highest BCUT2D eigenvalue weighted by Crippen LogP contribution is 2.11. The maximum atomic E-state index is 11.2. The average Bonchev–Trinajstić information content (AvgIpc) is 2.02. The van der Waals surface area contributed by atoms with Crippen LogP contribution >= 0.6 is 0 Å². The predicted octanol–water partition coefficient (Wildman–Crippen LogP) is 0.0320. The molecule has 0 aliphatic carbocycles. The Balaban J connectivity index is 4.43. The molecule has 0 fully saturated rings. The van der Waals surface area contributed by atoms with Gasteiger partial charge in [0.15, 0.2) is 0 Å². The third-order valence-electron chi connectivity index (χ3n) is 1.39. The number of hydrogen-bond acceptors (Lipinski definition) is 3. The first kappa shape index (κ1) is 12.8. The Hall–Kier alpha value is -1.19. The van der Waals surface area contributed by atoms with Gasteiger partial charge in [0, 0.05) is 11.6 Å². The highest BCUT2D eigenvalue weighted by Gasteiger charge is 2.20. The van der Waals surface area contributed by atoms with Gasteiger partial charge in [-0.3, -0.25) is 0 Å². The Morgan fingerprint density at radius 3 is 2.43 bits per heavy atom. The molecule has 0 aromatic heterocycles. The van der Waals surface area contributed by atoms with Crippen molar-refractivity contribution in [3.8, 4) is 0 Å². The van der Waals surface area contributed by atoms with Gasteiger partial charge in [0.25, 0.3) is 0 Å². The molecule has 0 amide bonds. The first-order valence-corrected chi connectivity index (χ1v) is 3.92. The summed E-state index contributed by atoms with van der Waals surface area (Å²) in [6.45, 7) is 2.75. The minimum Gasteiger partial charge on any atom is -0.478 e. The van der Waals surface area contributed by atoms with E-state index in [4.69, 9.17) is 25.5 Å². The molecule has 0 saturated carbocycles. The topological polar surface area (TPSA) is 63.6 Å². The third kappa shape index (κ3) is 4.74. The third-order valence-corrected chi connectivity index (χ3v) is 1.39. The fraction of sp³-hybridized carbons (Fsp3) is 0.500. The molecule has 1 unspecified atom stereocenters. The number of esters is 1. The first-order chi connectivity index (χ1) is 6.28. The van der Waals surface area contributed by atoms with Crippen LogP contribution in [0, 0.1) is 0 Å². The molecule has 4 nitrogen and oxygen atoms in total. The van der Waals surface area contributed by atoms with Gasteiger partial charge in [0.2, 0.25) is 0 Å². The van der Waals surface area contributed by atoms with Crippen LogP contribution in [0.3, 0.4) is 0 Å². The molecule has 0 aromatic rings. The maximum absolute atomic E-state index is 11.2. The number of hydrogen-bond donors (Lipinski definition) is 1. The SMILES string of the molecule is [B]CC([B])(C)OC(=O)/C(C)=C/C(=O)O. The van der Waals surface area contributed by atoms with Crippen molar-refractivity contribution in [1.29, 1.82) is 0 Å². The second kappa shape index (κ2) is 4.88. The minimum absolute atomic E-state index is 0.0392. The smallest absolute Gasteiger partial charge is 0.333 e. The van der Waals surface area contributed by atoms with E-state index in [2.05, 4.69) is 0 Å². The van der Waals surface area contributed by atoms with Crippen LogP contribution in [0.2, 0.25) is 6.32 Å². The zero-order valence-corrected chi connectivity index (χ0v) is 8.11. The second-order valence-corrected chi connectivity index (χ2v) is 3.07. The second-order valence-electron chi connectivity index (χ2n) is 3.07. The fourth-order valence-electron chi connectivity index (χ4n) is 0.578. The largest absolute Gasteiger partial charge is 0.478 e. The van der Waals surface area contributed by atoms with Crippen molar-refractivity contribution in [2.24, 2.45) is 0 Å². The van der Waals surface area contributed by atoms with Gasteiger partial charge < -0.3 is 9.84 Å². The van der Waals surface area contributed by atoms with Crippen LogP contribution in [-0.4, -0.2) is 38.2 Å². The Bertz CT molecular complexity index is 271. The van der Waals surface area contributed by atoms with Crippen LogP contribution in [-0.2, 0) is 14.3 Å². The van der Waals surface area contributed by atoms with E-state index in [0.717, 1.165) is 6.08 Å². The molecule has 6 heteroatoms.